The van der Waals surface area contributed by atoms with Gasteiger partial charge in [0.05, 0.1) is 24.8 Å². The van der Waals surface area contributed by atoms with Gasteiger partial charge < -0.3 is 14.4 Å². The van der Waals surface area contributed by atoms with Crippen molar-refractivity contribution in [3.8, 4) is 0 Å². The number of fused-ring (bicyclic) bond motifs is 1. The number of halogens is 3. The Morgan fingerprint density at radius 1 is 1.39 bits per heavy atom. The van der Waals surface area contributed by atoms with Gasteiger partial charge in [0, 0.05) is 25.6 Å². The predicted molar refractivity (Wildman–Crippen MR) is 78.3 cm³/mol. The number of ether oxygens (including phenoxy) is 2. The molecule has 0 radical (unpaired) electrons. The second kappa shape index (κ2) is 6.67. The van der Waals surface area contributed by atoms with Crippen LogP contribution in [-0.2, 0) is 9.47 Å². The first-order chi connectivity index (χ1) is 11.1. The molecule has 1 aliphatic rings. The van der Waals surface area contributed by atoms with E-state index in [4.69, 9.17) is 9.47 Å². The first-order valence-corrected chi connectivity index (χ1v) is 7.19. The van der Waals surface area contributed by atoms with Gasteiger partial charge in [0.25, 0.3) is 6.43 Å². The summed E-state index contributed by atoms with van der Waals surface area (Å²) in [5.41, 5.74) is 0.293. The lowest BCUT2D eigenvalue weighted by atomic mass is 10.2. The summed E-state index contributed by atoms with van der Waals surface area (Å²) in [7, 11) is 1.56. The quantitative estimate of drug-likeness (QED) is 0.864. The van der Waals surface area contributed by atoms with Gasteiger partial charge in [0.15, 0.2) is 5.82 Å². The summed E-state index contributed by atoms with van der Waals surface area (Å²) in [6, 6.07) is 3.84. The fourth-order valence-electron chi connectivity index (χ4n) is 2.64. The van der Waals surface area contributed by atoms with Gasteiger partial charge in [-0.05, 0) is 18.2 Å². The van der Waals surface area contributed by atoms with Crippen LogP contribution in [0.2, 0.25) is 0 Å². The highest BCUT2D eigenvalue weighted by Crippen LogP contribution is 2.29. The maximum Gasteiger partial charge on any atom is 0.297 e. The van der Waals surface area contributed by atoms with Crippen LogP contribution >= 0.6 is 0 Å². The van der Waals surface area contributed by atoms with E-state index in [9.17, 15) is 13.2 Å². The molecule has 1 atom stereocenters. The Bertz CT molecular complexity index is 697. The van der Waals surface area contributed by atoms with Crippen molar-refractivity contribution in [3.05, 3.63) is 29.8 Å². The van der Waals surface area contributed by atoms with E-state index in [2.05, 4.69) is 9.97 Å². The molecule has 1 aliphatic heterocycles. The number of benzene rings is 1. The number of anilines is 1. The Hall–Kier alpha value is -1.93. The minimum atomic E-state index is -2.79. The number of alkyl halides is 2. The molecule has 0 amide bonds. The Balaban J connectivity index is 2.05. The van der Waals surface area contributed by atoms with Crippen LogP contribution in [0, 0.1) is 5.82 Å². The Morgan fingerprint density at radius 2 is 2.22 bits per heavy atom. The highest BCUT2D eigenvalue weighted by Gasteiger charge is 2.25. The predicted octanol–water partition coefficient (Wildman–Crippen LogP) is 2.56. The molecule has 0 unspecified atom stereocenters. The number of morpholine rings is 1. The lowest BCUT2D eigenvalue weighted by Gasteiger charge is -2.34. The average Bonchev–Trinajstić information content (AvgIpc) is 2.54. The molecular weight excluding hydrogens is 311 g/mol. The normalized spacial score (nSPS) is 18.8. The van der Waals surface area contributed by atoms with Crippen LogP contribution < -0.4 is 4.90 Å². The summed E-state index contributed by atoms with van der Waals surface area (Å²) in [6.07, 6.45) is -2.98. The van der Waals surface area contributed by atoms with Crippen molar-refractivity contribution in [3.63, 3.8) is 0 Å². The maximum atomic E-state index is 13.6. The van der Waals surface area contributed by atoms with Crippen molar-refractivity contribution < 1.29 is 22.6 Å². The van der Waals surface area contributed by atoms with Crippen molar-refractivity contribution in [2.75, 3.05) is 38.3 Å². The summed E-state index contributed by atoms with van der Waals surface area (Å²) in [6.45, 7) is 1.71. The zero-order valence-corrected chi connectivity index (χ0v) is 12.5. The molecule has 1 saturated heterocycles. The van der Waals surface area contributed by atoms with Gasteiger partial charge in [0.2, 0.25) is 0 Å². The van der Waals surface area contributed by atoms with Crippen LogP contribution in [0.1, 0.15) is 12.2 Å². The highest BCUT2D eigenvalue weighted by molar-refractivity contribution is 5.89. The Labute approximate surface area is 131 Å². The van der Waals surface area contributed by atoms with E-state index in [0.717, 1.165) is 0 Å². The number of methoxy groups -OCH3 is 1. The van der Waals surface area contributed by atoms with E-state index in [0.29, 0.717) is 43.0 Å². The number of hydrogen-bond donors (Lipinski definition) is 0. The van der Waals surface area contributed by atoms with Crippen LogP contribution in [0.15, 0.2) is 18.2 Å². The van der Waals surface area contributed by atoms with E-state index in [1.54, 1.807) is 7.11 Å². The van der Waals surface area contributed by atoms with Gasteiger partial charge in [-0.1, -0.05) is 0 Å². The molecule has 0 saturated carbocycles. The molecule has 23 heavy (non-hydrogen) atoms. The third kappa shape index (κ3) is 3.37. The van der Waals surface area contributed by atoms with Gasteiger partial charge in [-0.3, -0.25) is 0 Å². The number of hydrogen-bond acceptors (Lipinski definition) is 5. The zero-order chi connectivity index (χ0) is 16.4. The van der Waals surface area contributed by atoms with Gasteiger partial charge >= 0.3 is 0 Å². The van der Waals surface area contributed by atoms with Crippen LogP contribution in [0.5, 0.6) is 0 Å². The molecular formula is C15H16F3N3O2. The van der Waals surface area contributed by atoms with E-state index in [1.807, 2.05) is 4.90 Å². The molecule has 0 N–H and O–H groups in total. The van der Waals surface area contributed by atoms with E-state index in [-0.39, 0.29) is 6.10 Å². The highest BCUT2D eigenvalue weighted by atomic mass is 19.3. The fraction of sp³-hybridized carbons (Fsp3) is 0.467. The van der Waals surface area contributed by atoms with Crippen molar-refractivity contribution in [1.29, 1.82) is 0 Å². The van der Waals surface area contributed by atoms with E-state index < -0.39 is 18.1 Å². The molecule has 1 aromatic carbocycles. The summed E-state index contributed by atoms with van der Waals surface area (Å²) in [4.78, 5) is 9.59. The minimum absolute atomic E-state index is 0.192. The van der Waals surface area contributed by atoms with Gasteiger partial charge in [0.1, 0.15) is 11.6 Å². The summed E-state index contributed by atoms with van der Waals surface area (Å²) < 4.78 is 50.3. The third-order valence-corrected chi connectivity index (χ3v) is 3.64. The molecule has 0 bridgehead atoms. The molecule has 124 valence electrons. The van der Waals surface area contributed by atoms with Crippen LogP contribution in [-0.4, -0.2) is 49.5 Å². The van der Waals surface area contributed by atoms with Crippen molar-refractivity contribution in [1.82, 2.24) is 9.97 Å². The molecule has 8 heteroatoms. The van der Waals surface area contributed by atoms with E-state index in [1.165, 1.54) is 18.2 Å². The maximum absolute atomic E-state index is 13.6. The monoisotopic (exact) mass is 327 g/mol. The largest absolute Gasteiger partial charge is 0.382 e. The molecule has 2 aromatic rings. The lowest BCUT2D eigenvalue weighted by molar-refractivity contribution is -0.0102. The first-order valence-electron chi connectivity index (χ1n) is 7.19. The second-order valence-corrected chi connectivity index (χ2v) is 5.26. The van der Waals surface area contributed by atoms with Crippen LogP contribution in [0.3, 0.4) is 0 Å². The molecule has 3 rings (SSSR count). The van der Waals surface area contributed by atoms with Gasteiger partial charge in [-0.15, -0.1) is 0 Å². The molecule has 1 fully saturated rings. The lowest BCUT2D eigenvalue weighted by Crippen LogP contribution is -2.45. The van der Waals surface area contributed by atoms with Crippen molar-refractivity contribution in [2.24, 2.45) is 0 Å². The summed E-state index contributed by atoms with van der Waals surface area (Å²) >= 11 is 0. The number of nitrogens with zero attached hydrogens (tertiary/aromatic N) is 3. The SMILES string of the molecule is COC[C@H]1CN(c2nc(C(F)F)nc3ccc(F)cc23)CCO1. The average molecular weight is 327 g/mol. The van der Waals surface area contributed by atoms with Crippen molar-refractivity contribution >= 4 is 16.7 Å². The minimum Gasteiger partial charge on any atom is -0.382 e. The standard InChI is InChI=1S/C15H16F3N3O2/c1-22-8-10-7-21(4-5-23-10)15-11-6-9(16)2-3-12(11)19-14(20-15)13(17)18/h2-3,6,10,13H,4-5,7-8H2,1H3/t10-/m1/s1. The summed E-state index contributed by atoms with van der Waals surface area (Å²) in [5, 5.41) is 0.410. The van der Waals surface area contributed by atoms with Crippen molar-refractivity contribution in [2.45, 2.75) is 12.5 Å². The molecule has 0 spiro atoms. The molecule has 2 heterocycles. The Kier molecular flexibility index (Phi) is 4.63. The topological polar surface area (TPSA) is 47.5 Å². The molecule has 1 aromatic heterocycles. The second-order valence-electron chi connectivity index (χ2n) is 5.26. The third-order valence-electron chi connectivity index (χ3n) is 3.64. The Morgan fingerprint density at radius 3 is 2.96 bits per heavy atom. The summed E-state index contributed by atoms with van der Waals surface area (Å²) in [5.74, 6) is -0.725. The number of aromatic nitrogens is 2. The number of rotatable bonds is 4. The molecule has 0 aliphatic carbocycles. The van der Waals surface area contributed by atoms with Gasteiger partial charge in [-0.2, -0.15) is 0 Å². The van der Waals surface area contributed by atoms with E-state index >= 15 is 0 Å². The first kappa shape index (κ1) is 15.9. The van der Waals surface area contributed by atoms with Crippen LogP contribution in [0.25, 0.3) is 10.9 Å². The van der Waals surface area contributed by atoms with Gasteiger partial charge in [-0.25, -0.2) is 23.1 Å². The van der Waals surface area contributed by atoms with Crippen LogP contribution in [0.4, 0.5) is 19.0 Å². The molecule has 5 nitrogen and oxygen atoms in total. The fourth-order valence-corrected chi connectivity index (χ4v) is 2.64. The zero-order valence-electron chi connectivity index (χ0n) is 12.5. The smallest absolute Gasteiger partial charge is 0.297 e.